The van der Waals surface area contributed by atoms with E-state index in [1.807, 2.05) is 49.2 Å². The van der Waals surface area contributed by atoms with E-state index in [4.69, 9.17) is 4.74 Å². The van der Waals surface area contributed by atoms with Gasteiger partial charge in [0, 0.05) is 30.3 Å². The topological polar surface area (TPSA) is 70.0 Å². The largest absolute Gasteiger partial charge is 0.461 e. The predicted octanol–water partition coefficient (Wildman–Crippen LogP) is 3.33. The lowest BCUT2D eigenvalue weighted by molar-refractivity contribution is -0.145. The highest BCUT2D eigenvalue weighted by atomic mass is 16.6. The SMILES string of the molecule is C[C@@H]1CCC=C2C[C@H]3OC(=O)[C@H](CN(C)[C@@H](C)[C@@H](O)c4ccccc4)[C@H]3[C@H](O)[C@@]21C. The summed E-state index contributed by atoms with van der Waals surface area (Å²) in [7, 11) is 1.93. The number of fused-ring (bicyclic) bond motifs is 2. The number of hydrogen-bond donors (Lipinski definition) is 2. The molecule has 0 amide bonds. The van der Waals surface area contributed by atoms with Gasteiger partial charge in [-0.3, -0.25) is 9.69 Å². The van der Waals surface area contributed by atoms with E-state index >= 15 is 0 Å². The van der Waals surface area contributed by atoms with Crippen molar-refractivity contribution in [3.63, 3.8) is 0 Å². The molecule has 8 atom stereocenters. The van der Waals surface area contributed by atoms with Crippen LogP contribution in [0.15, 0.2) is 42.0 Å². The summed E-state index contributed by atoms with van der Waals surface area (Å²) in [5.41, 5.74) is 1.82. The summed E-state index contributed by atoms with van der Waals surface area (Å²) in [5.74, 6) is -0.425. The Bertz CT molecular complexity index is 809. The Morgan fingerprint density at radius 3 is 2.70 bits per heavy atom. The molecule has 5 heteroatoms. The van der Waals surface area contributed by atoms with Crippen LogP contribution in [0.25, 0.3) is 0 Å². The molecule has 1 aromatic carbocycles. The fourth-order valence-corrected chi connectivity index (χ4v) is 5.92. The fourth-order valence-electron chi connectivity index (χ4n) is 5.92. The third kappa shape index (κ3) is 3.41. The molecule has 2 N–H and O–H groups in total. The number of hydrogen-bond acceptors (Lipinski definition) is 5. The van der Waals surface area contributed by atoms with Crippen molar-refractivity contribution in [1.29, 1.82) is 0 Å². The van der Waals surface area contributed by atoms with Gasteiger partial charge in [-0.15, -0.1) is 0 Å². The number of esters is 1. The molecule has 4 rings (SSSR count). The van der Waals surface area contributed by atoms with Crippen LogP contribution in [0.5, 0.6) is 0 Å². The Morgan fingerprint density at radius 2 is 2.00 bits per heavy atom. The van der Waals surface area contributed by atoms with Crippen LogP contribution in [0.4, 0.5) is 0 Å². The van der Waals surface area contributed by atoms with E-state index in [0.29, 0.717) is 12.5 Å². The molecule has 0 spiro atoms. The Morgan fingerprint density at radius 1 is 1.30 bits per heavy atom. The number of aliphatic hydroxyl groups excluding tert-OH is 2. The summed E-state index contributed by atoms with van der Waals surface area (Å²) in [5, 5.41) is 22.3. The smallest absolute Gasteiger partial charge is 0.311 e. The molecule has 1 aliphatic heterocycles. The zero-order valence-corrected chi connectivity index (χ0v) is 18.5. The van der Waals surface area contributed by atoms with Crippen LogP contribution in [0.1, 0.15) is 51.7 Å². The van der Waals surface area contributed by atoms with Crippen LogP contribution in [-0.2, 0) is 9.53 Å². The number of nitrogens with zero attached hydrogens (tertiary/aromatic N) is 1. The number of likely N-dealkylation sites (N-methyl/N-ethyl adjacent to an activating group) is 1. The molecule has 5 nitrogen and oxygen atoms in total. The number of carbonyl (C=O) groups is 1. The molecule has 164 valence electrons. The summed E-state index contributed by atoms with van der Waals surface area (Å²) in [6.07, 6.45) is 3.59. The molecule has 1 saturated heterocycles. The summed E-state index contributed by atoms with van der Waals surface area (Å²) in [4.78, 5) is 14.9. The molecule has 1 saturated carbocycles. The van der Waals surface area contributed by atoms with E-state index in [-0.39, 0.29) is 35.4 Å². The Hall–Kier alpha value is -1.69. The van der Waals surface area contributed by atoms with Crippen LogP contribution >= 0.6 is 0 Å². The number of benzene rings is 1. The van der Waals surface area contributed by atoms with Gasteiger partial charge in [-0.05, 0) is 38.3 Å². The fraction of sp³-hybridized carbons (Fsp3) is 0.640. The van der Waals surface area contributed by atoms with E-state index < -0.39 is 12.2 Å². The normalized spacial score (nSPS) is 37.8. The van der Waals surface area contributed by atoms with Crippen molar-refractivity contribution in [1.82, 2.24) is 4.90 Å². The number of aliphatic hydroxyl groups is 2. The lowest BCUT2D eigenvalue weighted by Gasteiger charge is -2.52. The molecule has 2 aliphatic carbocycles. The van der Waals surface area contributed by atoms with Crippen molar-refractivity contribution >= 4 is 5.97 Å². The molecule has 1 heterocycles. The lowest BCUT2D eigenvalue weighted by Crippen LogP contribution is -2.55. The van der Waals surface area contributed by atoms with E-state index in [1.54, 1.807) is 0 Å². The Labute approximate surface area is 179 Å². The zero-order chi connectivity index (χ0) is 21.6. The average Bonchev–Trinajstić information content (AvgIpc) is 3.05. The molecule has 0 aromatic heterocycles. The molecular formula is C25H35NO4. The van der Waals surface area contributed by atoms with Crippen molar-refractivity contribution < 1.29 is 19.7 Å². The maximum Gasteiger partial charge on any atom is 0.311 e. The second-order valence-corrected chi connectivity index (χ2v) is 9.83. The minimum atomic E-state index is -0.647. The molecule has 0 unspecified atom stereocenters. The van der Waals surface area contributed by atoms with Crippen LogP contribution in [0.3, 0.4) is 0 Å². The molecule has 30 heavy (non-hydrogen) atoms. The summed E-state index contributed by atoms with van der Waals surface area (Å²) < 4.78 is 5.77. The first-order valence-electron chi connectivity index (χ1n) is 11.3. The second kappa shape index (κ2) is 8.10. The van der Waals surface area contributed by atoms with Gasteiger partial charge in [-0.1, -0.05) is 55.8 Å². The summed E-state index contributed by atoms with van der Waals surface area (Å²) in [6, 6.07) is 9.43. The van der Waals surface area contributed by atoms with Gasteiger partial charge in [-0.2, -0.15) is 0 Å². The molecule has 0 radical (unpaired) electrons. The predicted molar refractivity (Wildman–Crippen MR) is 116 cm³/mol. The number of allylic oxidation sites excluding steroid dienone is 1. The van der Waals surface area contributed by atoms with Gasteiger partial charge in [0.1, 0.15) is 6.10 Å². The molecule has 1 aromatic rings. The molecule has 2 fully saturated rings. The van der Waals surface area contributed by atoms with E-state index in [0.717, 1.165) is 24.8 Å². The minimum absolute atomic E-state index is 0.167. The van der Waals surface area contributed by atoms with Crippen LogP contribution < -0.4 is 0 Å². The van der Waals surface area contributed by atoms with Gasteiger partial charge in [0.05, 0.1) is 18.1 Å². The first-order chi connectivity index (χ1) is 14.2. The van der Waals surface area contributed by atoms with Gasteiger partial charge in [0.2, 0.25) is 0 Å². The molecule has 3 aliphatic rings. The minimum Gasteiger partial charge on any atom is -0.461 e. The Balaban J connectivity index is 1.52. The van der Waals surface area contributed by atoms with Crippen LogP contribution in [0, 0.1) is 23.2 Å². The lowest BCUT2D eigenvalue weighted by atomic mass is 9.55. The maximum absolute atomic E-state index is 12.8. The van der Waals surface area contributed by atoms with Gasteiger partial charge in [0.25, 0.3) is 0 Å². The monoisotopic (exact) mass is 413 g/mol. The average molecular weight is 414 g/mol. The van der Waals surface area contributed by atoms with E-state index in [2.05, 4.69) is 19.9 Å². The Kier molecular flexibility index (Phi) is 5.82. The first-order valence-corrected chi connectivity index (χ1v) is 11.3. The highest BCUT2D eigenvalue weighted by molar-refractivity contribution is 5.76. The number of rotatable bonds is 5. The van der Waals surface area contributed by atoms with Crippen molar-refractivity contribution in [3.8, 4) is 0 Å². The van der Waals surface area contributed by atoms with E-state index in [9.17, 15) is 15.0 Å². The van der Waals surface area contributed by atoms with Gasteiger partial charge in [0.15, 0.2) is 0 Å². The zero-order valence-electron chi connectivity index (χ0n) is 18.5. The van der Waals surface area contributed by atoms with Gasteiger partial charge >= 0.3 is 5.97 Å². The number of carbonyl (C=O) groups excluding carboxylic acids is 1. The third-order valence-electron chi connectivity index (χ3n) is 8.35. The highest BCUT2D eigenvalue weighted by Crippen LogP contribution is 2.56. The van der Waals surface area contributed by atoms with Crippen molar-refractivity contribution in [2.75, 3.05) is 13.6 Å². The van der Waals surface area contributed by atoms with Crippen molar-refractivity contribution in [2.24, 2.45) is 23.2 Å². The van der Waals surface area contributed by atoms with Gasteiger partial charge < -0.3 is 14.9 Å². The standard InChI is InChI=1S/C25H35NO4/c1-15-9-8-12-18-13-20-21(23(28)25(15,18)3)19(24(29)30-20)14-26(4)16(2)22(27)17-10-6-5-7-11-17/h5-7,10-12,15-16,19-23,27-28H,8-9,13-14H2,1-4H3/t15-,16+,19-,20-,21-,22-,23+,25-/m1/s1. The van der Waals surface area contributed by atoms with Crippen LogP contribution in [-0.4, -0.2) is 52.9 Å². The number of ether oxygens (including phenoxy) is 1. The summed E-state index contributed by atoms with van der Waals surface area (Å²) >= 11 is 0. The van der Waals surface area contributed by atoms with Gasteiger partial charge in [-0.25, -0.2) is 0 Å². The van der Waals surface area contributed by atoms with Crippen molar-refractivity contribution in [2.45, 2.75) is 64.4 Å². The molecular weight excluding hydrogens is 378 g/mol. The van der Waals surface area contributed by atoms with Crippen molar-refractivity contribution in [3.05, 3.63) is 47.5 Å². The second-order valence-electron chi connectivity index (χ2n) is 9.83. The van der Waals surface area contributed by atoms with Crippen LogP contribution in [0.2, 0.25) is 0 Å². The summed E-state index contributed by atoms with van der Waals surface area (Å²) in [6.45, 7) is 6.81. The first kappa shape index (κ1) is 21.5. The molecule has 0 bridgehead atoms. The maximum atomic E-state index is 12.8. The highest BCUT2D eigenvalue weighted by Gasteiger charge is 2.59. The quantitative estimate of drug-likeness (QED) is 0.572. The third-order valence-corrected chi connectivity index (χ3v) is 8.35. The van der Waals surface area contributed by atoms with E-state index in [1.165, 1.54) is 5.57 Å².